The smallest absolute Gasteiger partial charge is 0.407 e. The van der Waals surface area contributed by atoms with Crippen LogP contribution in [-0.2, 0) is 6.54 Å². The van der Waals surface area contributed by atoms with Gasteiger partial charge in [-0.15, -0.1) is 0 Å². The topological polar surface area (TPSA) is 64.0 Å². The molecule has 126 valence electrons. The van der Waals surface area contributed by atoms with E-state index >= 15 is 0 Å². The molecule has 0 radical (unpaired) electrons. The van der Waals surface area contributed by atoms with E-state index in [0.29, 0.717) is 25.9 Å². The quantitative estimate of drug-likeness (QED) is 0.888. The first-order valence-electron chi connectivity index (χ1n) is 7.74. The van der Waals surface area contributed by atoms with Crippen LogP contribution in [0.3, 0.4) is 0 Å². The molecule has 2 aliphatic heterocycles. The lowest BCUT2D eigenvalue weighted by atomic mass is 9.96. The number of piperazine rings is 1. The van der Waals surface area contributed by atoms with Crippen molar-refractivity contribution < 1.29 is 23.8 Å². The Morgan fingerprint density at radius 2 is 1.96 bits per heavy atom. The number of hydrogen-bond donors (Lipinski definition) is 2. The van der Waals surface area contributed by atoms with Crippen molar-refractivity contribution in [3.05, 3.63) is 35.9 Å². The molecule has 2 bridgehead atoms. The third-order valence-corrected chi connectivity index (χ3v) is 4.86. The molecule has 2 N–H and O–H groups in total. The van der Waals surface area contributed by atoms with E-state index in [1.807, 2.05) is 35.2 Å². The van der Waals surface area contributed by atoms with Gasteiger partial charge in [0.25, 0.3) is 6.43 Å². The van der Waals surface area contributed by atoms with Crippen LogP contribution in [0.15, 0.2) is 30.3 Å². The van der Waals surface area contributed by atoms with Gasteiger partial charge in [-0.2, -0.15) is 0 Å². The molecule has 2 heterocycles. The number of fused-ring (bicyclic) bond motifs is 2. The molecule has 1 aromatic rings. The first kappa shape index (κ1) is 16.1. The molecular weight excluding hydrogens is 306 g/mol. The van der Waals surface area contributed by atoms with Crippen molar-refractivity contribution in [3.63, 3.8) is 0 Å². The largest absolute Gasteiger partial charge is 0.465 e. The molecule has 1 aromatic carbocycles. The number of halogens is 2. The molecule has 1 amide bonds. The fourth-order valence-electron chi connectivity index (χ4n) is 3.94. The Morgan fingerprint density at radius 3 is 2.57 bits per heavy atom. The molecule has 23 heavy (non-hydrogen) atoms. The second kappa shape index (κ2) is 6.41. The highest BCUT2D eigenvalue weighted by Crippen LogP contribution is 2.37. The minimum Gasteiger partial charge on any atom is -0.465 e. The maximum Gasteiger partial charge on any atom is 0.407 e. The molecule has 5 nitrogen and oxygen atoms in total. The zero-order chi connectivity index (χ0) is 16.6. The highest BCUT2D eigenvalue weighted by Gasteiger charge is 2.52. The second-order valence-electron chi connectivity index (χ2n) is 6.22. The van der Waals surface area contributed by atoms with Gasteiger partial charge in [0.05, 0.1) is 12.1 Å². The monoisotopic (exact) mass is 326 g/mol. The molecule has 3 rings (SSSR count). The second-order valence-corrected chi connectivity index (χ2v) is 6.22. The third-order valence-electron chi connectivity index (χ3n) is 4.86. The first-order valence-corrected chi connectivity index (χ1v) is 7.74. The SMILES string of the molecule is O=C(O)N1[C@@H]2CC[C@H]1[C@@H]([C@H](O)C(F)F)N(Cc1ccccc1)C2. The number of hydrogen-bond acceptors (Lipinski definition) is 3. The van der Waals surface area contributed by atoms with Crippen LogP contribution in [-0.4, -0.2) is 63.3 Å². The highest BCUT2D eigenvalue weighted by atomic mass is 19.3. The van der Waals surface area contributed by atoms with Gasteiger partial charge in [0.1, 0.15) is 6.10 Å². The van der Waals surface area contributed by atoms with Crippen LogP contribution in [0, 0.1) is 0 Å². The highest BCUT2D eigenvalue weighted by molar-refractivity contribution is 5.67. The Balaban J connectivity index is 1.87. The van der Waals surface area contributed by atoms with Gasteiger partial charge >= 0.3 is 6.09 Å². The summed E-state index contributed by atoms with van der Waals surface area (Å²) in [7, 11) is 0. The number of carbonyl (C=O) groups is 1. The van der Waals surface area contributed by atoms with E-state index in [9.17, 15) is 23.8 Å². The van der Waals surface area contributed by atoms with Crippen molar-refractivity contribution in [3.8, 4) is 0 Å². The average Bonchev–Trinajstić information content (AvgIpc) is 2.83. The first-order chi connectivity index (χ1) is 11.0. The number of aliphatic hydroxyl groups excluding tert-OH is 1. The Morgan fingerprint density at radius 1 is 1.26 bits per heavy atom. The van der Waals surface area contributed by atoms with Crippen molar-refractivity contribution in [2.45, 2.75) is 50.0 Å². The Labute approximate surface area is 133 Å². The number of alkyl halides is 2. The van der Waals surface area contributed by atoms with Crippen LogP contribution >= 0.6 is 0 Å². The van der Waals surface area contributed by atoms with Crippen LogP contribution in [0.2, 0.25) is 0 Å². The van der Waals surface area contributed by atoms with Crippen molar-refractivity contribution in [1.82, 2.24) is 9.80 Å². The number of rotatable bonds is 4. The molecule has 7 heteroatoms. The minimum absolute atomic E-state index is 0.192. The minimum atomic E-state index is -2.90. The van der Waals surface area contributed by atoms with Crippen LogP contribution < -0.4 is 0 Å². The van der Waals surface area contributed by atoms with Gasteiger partial charge in [-0.3, -0.25) is 9.80 Å². The predicted octanol–water partition coefficient (Wildman–Crippen LogP) is 2.01. The van der Waals surface area contributed by atoms with Gasteiger partial charge in [0, 0.05) is 19.1 Å². The number of benzene rings is 1. The summed E-state index contributed by atoms with van der Waals surface area (Å²) in [6.07, 6.45) is -4.69. The summed E-state index contributed by atoms with van der Waals surface area (Å²) in [6, 6.07) is 7.76. The van der Waals surface area contributed by atoms with Crippen LogP contribution in [0.1, 0.15) is 18.4 Å². The normalized spacial score (nSPS) is 29.0. The summed E-state index contributed by atoms with van der Waals surface area (Å²) >= 11 is 0. The molecule has 2 aliphatic rings. The van der Waals surface area contributed by atoms with Crippen molar-refractivity contribution >= 4 is 6.09 Å². The van der Waals surface area contributed by atoms with Crippen molar-refractivity contribution in [1.29, 1.82) is 0 Å². The van der Waals surface area contributed by atoms with Crippen LogP contribution in [0.4, 0.5) is 13.6 Å². The molecule has 2 saturated heterocycles. The van der Waals surface area contributed by atoms with Gasteiger partial charge in [-0.25, -0.2) is 13.6 Å². The van der Waals surface area contributed by atoms with Gasteiger partial charge in [-0.05, 0) is 18.4 Å². The standard InChI is InChI=1S/C16H20F2N2O3/c17-15(18)14(21)13-12-7-6-11(20(12)16(22)23)9-19(13)8-10-4-2-1-3-5-10/h1-5,11-15,21H,6-9H2,(H,22,23)/t11-,12+,13+,14+/m1/s1. The van der Waals surface area contributed by atoms with Crippen molar-refractivity contribution in [2.24, 2.45) is 0 Å². The number of amides is 1. The molecule has 0 aliphatic carbocycles. The molecular formula is C16H20F2N2O3. The average molecular weight is 326 g/mol. The van der Waals surface area contributed by atoms with Crippen LogP contribution in [0.5, 0.6) is 0 Å². The lowest BCUT2D eigenvalue weighted by Crippen LogP contribution is -2.65. The summed E-state index contributed by atoms with van der Waals surface area (Å²) in [5, 5.41) is 19.4. The summed E-state index contributed by atoms with van der Waals surface area (Å²) in [5.74, 6) is 0. The van der Waals surface area contributed by atoms with Gasteiger partial charge in [-0.1, -0.05) is 30.3 Å². The number of carboxylic acid groups (broad SMARTS) is 1. The number of nitrogens with zero attached hydrogens (tertiary/aromatic N) is 2. The summed E-state index contributed by atoms with van der Waals surface area (Å²) in [5.41, 5.74) is 0.960. The predicted molar refractivity (Wildman–Crippen MR) is 79.3 cm³/mol. The number of aliphatic hydroxyl groups is 1. The summed E-state index contributed by atoms with van der Waals surface area (Å²) in [4.78, 5) is 14.5. The molecule has 0 unspecified atom stereocenters. The van der Waals surface area contributed by atoms with E-state index in [1.54, 1.807) is 0 Å². The maximum atomic E-state index is 13.1. The Bertz CT molecular complexity index is 558. The zero-order valence-corrected chi connectivity index (χ0v) is 12.6. The molecule has 0 saturated carbocycles. The third kappa shape index (κ3) is 3.03. The fourth-order valence-corrected chi connectivity index (χ4v) is 3.94. The molecule has 2 fully saturated rings. The van der Waals surface area contributed by atoms with E-state index in [-0.39, 0.29) is 6.04 Å². The Kier molecular flexibility index (Phi) is 4.50. The summed E-state index contributed by atoms with van der Waals surface area (Å²) in [6.45, 7) is 0.794. The van der Waals surface area contributed by atoms with Crippen LogP contribution in [0.25, 0.3) is 0 Å². The van der Waals surface area contributed by atoms with E-state index in [0.717, 1.165) is 5.56 Å². The van der Waals surface area contributed by atoms with Gasteiger partial charge in [0.2, 0.25) is 0 Å². The molecule has 4 atom stereocenters. The van der Waals surface area contributed by atoms with E-state index in [2.05, 4.69) is 0 Å². The van der Waals surface area contributed by atoms with Gasteiger partial charge in [0.15, 0.2) is 0 Å². The van der Waals surface area contributed by atoms with Crippen molar-refractivity contribution in [2.75, 3.05) is 6.54 Å². The molecule has 0 spiro atoms. The Hall–Kier alpha value is -1.73. The van der Waals surface area contributed by atoms with E-state index in [4.69, 9.17) is 0 Å². The molecule has 0 aromatic heterocycles. The number of likely N-dealkylation sites (tertiary alicyclic amines) is 1. The van der Waals surface area contributed by atoms with Gasteiger partial charge < -0.3 is 10.2 Å². The summed E-state index contributed by atoms with van der Waals surface area (Å²) < 4.78 is 26.3. The lowest BCUT2D eigenvalue weighted by molar-refractivity contribution is -0.0975. The zero-order valence-electron chi connectivity index (χ0n) is 12.6. The lowest BCUT2D eigenvalue weighted by Gasteiger charge is -2.47. The van der Waals surface area contributed by atoms with E-state index in [1.165, 1.54) is 4.90 Å². The van der Waals surface area contributed by atoms with E-state index < -0.39 is 30.7 Å². The fraction of sp³-hybridized carbons (Fsp3) is 0.562. The maximum absolute atomic E-state index is 13.1.